The van der Waals surface area contributed by atoms with Crippen LogP contribution in [0.25, 0.3) is 60.8 Å². The molecule has 0 aliphatic heterocycles. The zero-order chi connectivity index (χ0) is 26.1. The molecule has 174 valence electrons. The molecule has 0 fully saturated rings. The highest BCUT2D eigenvalue weighted by Crippen LogP contribution is 2.34. The third-order valence-corrected chi connectivity index (χ3v) is 8.44. The van der Waals surface area contributed by atoms with Crippen molar-refractivity contribution in [3.8, 4) is 17.2 Å². The summed E-state index contributed by atoms with van der Waals surface area (Å²) >= 11 is 0. The van der Waals surface area contributed by atoms with E-state index >= 15 is 0 Å². The Balaban J connectivity index is 1.70. The fourth-order valence-electron chi connectivity index (χ4n) is 6.00. The standard InChI is InChI=1S/C29H23B5N4/c30-21-20(22(31)24(33)25(34)23(21)32)27-17-12-11-14-6-5-13-35-26(14)28(17)37-29(36-27)38-18-9-3-1-7-15(18)16-8-2-4-10-19(16)38/h1-13H,30-34H2. The summed E-state index contributed by atoms with van der Waals surface area (Å²) in [4.78, 5) is 15.4. The number of benzene rings is 4. The molecule has 3 heterocycles. The second-order valence-electron chi connectivity index (χ2n) is 10.3. The van der Waals surface area contributed by atoms with E-state index in [1.807, 2.05) is 12.3 Å². The average molecular weight is 482 g/mol. The van der Waals surface area contributed by atoms with Crippen molar-refractivity contribution in [2.75, 3.05) is 0 Å². The Morgan fingerprint density at radius 3 is 1.79 bits per heavy atom. The summed E-state index contributed by atoms with van der Waals surface area (Å²) in [6.07, 6.45) is 1.85. The van der Waals surface area contributed by atoms with Gasteiger partial charge in [-0.05, 0) is 29.8 Å². The molecular formula is C29H23B5N4. The average Bonchev–Trinajstić information content (AvgIpc) is 3.29. The van der Waals surface area contributed by atoms with Gasteiger partial charge in [0.2, 0.25) is 5.95 Å². The molecule has 7 rings (SSSR count). The van der Waals surface area contributed by atoms with Gasteiger partial charge in [0, 0.05) is 27.7 Å². The Bertz CT molecular complexity index is 2020. The molecule has 0 aliphatic rings. The Morgan fingerprint density at radius 1 is 0.526 bits per heavy atom. The number of fused-ring (bicyclic) bond motifs is 6. The van der Waals surface area contributed by atoms with Crippen LogP contribution in [0.4, 0.5) is 0 Å². The topological polar surface area (TPSA) is 43.6 Å². The maximum atomic E-state index is 5.38. The van der Waals surface area contributed by atoms with Crippen molar-refractivity contribution in [1.82, 2.24) is 19.5 Å². The highest BCUT2D eigenvalue weighted by atomic mass is 15.2. The molecule has 0 amide bonds. The van der Waals surface area contributed by atoms with Crippen LogP contribution in [0.1, 0.15) is 0 Å². The molecule has 0 atom stereocenters. The third-order valence-electron chi connectivity index (χ3n) is 8.44. The predicted molar refractivity (Wildman–Crippen MR) is 176 cm³/mol. The van der Waals surface area contributed by atoms with E-state index in [0.717, 1.165) is 38.5 Å². The second-order valence-corrected chi connectivity index (χ2v) is 10.3. The summed E-state index contributed by atoms with van der Waals surface area (Å²) in [5, 5.41) is 4.48. The Hall–Kier alpha value is -4.25. The van der Waals surface area contributed by atoms with Crippen molar-refractivity contribution in [2.45, 2.75) is 0 Å². The number of pyridine rings is 1. The molecule has 0 bridgehead atoms. The largest absolute Gasteiger partial charge is 0.278 e. The van der Waals surface area contributed by atoms with Crippen LogP contribution in [-0.2, 0) is 0 Å². The number of aromatic nitrogens is 4. The van der Waals surface area contributed by atoms with Crippen molar-refractivity contribution >= 4 is 110 Å². The smallest absolute Gasteiger partial charge is 0.235 e. The van der Waals surface area contributed by atoms with Gasteiger partial charge in [-0.1, -0.05) is 59.5 Å². The SMILES string of the molecule is Bc1c(B)c(B)c(-c2nc(-n3c4ccccc4c4ccccc43)nc3c2ccc2cccnc23)c(B)c1B. The summed E-state index contributed by atoms with van der Waals surface area (Å²) < 4.78 is 2.20. The van der Waals surface area contributed by atoms with Crippen LogP contribution in [-0.4, -0.2) is 58.8 Å². The lowest BCUT2D eigenvalue weighted by molar-refractivity contribution is 1.02. The number of hydrogen-bond acceptors (Lipinski definition) is 3. The van der Waals surface area contributed by atoms with Crippen LogP contribution < -0.4 is 27.3 Å². The molecule has 0 spiro atoms. The molecular weight excluding hydrogens is 458 g/mol. The van der Waals surface area contributed by atoms with E-state index in [1.165, 1.54) is 43.6 Å². The Kier molecular flexibility index (Phi) is 5.06. The molecule has 3 aromatic heterocycles. The van der Waals surface area contributed by atoms with Gasteiger partial charge in [0.25, 0.3) is 0 Å². The van der Waals surface area contributed by atoms with Gasteiger partial charge in [-0.3, -0.25) is 9.55 Å². The van der Waals surface area contributed by atoms with Crippen molar-refractivity contribution in [1.29, 1.82) is 0 Å². The van der Waals surface area contributed by atoms with Crippen LogP contribution in [0.3, 0.4) is 0 Å². The number of nitrogens with zero attached hydrogens (tertiary/aromatic N) is 4. The highest BCUT2D eigenvalue weighted by Gasteiger charge is 2.21. The molecule has 0 unspecified atom stereocenters. The van der Waals surface area contributed by atoms with E-state index in [1.54, 1.807) is 0 Å². The molecule has 9 heteroatoms. The van der Waals surface area contributed by atoms with Gasteiger partial charge in [-0.25, -0.2) is 9.97 Å². The van der Waals surface area contributed by atoms with Gasteiger partial charge in [-0.15, -0.1) is 16.4 Å². The first-order chi connectivity index (χ1) is 18.5. The first-order valence-electron chi connectivity index (χ1n) is 13.1. The van der Waals surface area contributed by atoms with E-state index in [2.05, 4.69) is 111 Å². The molecule has 4 nitrogen and oxygen atoms in total. The molecule has 0 aliphatic carbocycles. The van der Waals surface area contributed by atoms with Gasteiger partial charge in [0.1, 0.15) is 44.7 Å². The van der Waals surface area contributed by atoms with Crippen LogP contribution in [0.5, 0.6) is 0 Å². The third kappa shape index (κ3) is 3.14. The van der Waals surface area contributed by atoms with E-state index in [0.29, 0.717) is 5.95 Å². The fourth-order valence-corrected chi connectivity index (χ4v) is 6.00. The summed E-state index contributed by atoms with van der Waals surface area (Å²) in [6, 6.07) is 25.4. The predicted octanol–water partition coefficient (Wildman–Crippen LogP) is -1.77. The highest BCUT2D eigenvalue weighted by molar-refractivity contribution is 6.68. The monoisotopic (exact) mass is 482 g/mol. The first-order valence-corrected chi connectivity index (χ1v) is 13.1. The summed E-state index contributed by atoms with van der Waals surface area (Å²) in [6.45, 7) is 0. The zero-order valence-corrected chi connectivity index (χ0v) is 22.3. The second kappa shape index (κ2) is 8.39. The van der Waals surface area contributed by atoms with Gasteiger partial charge < -0.3 is 0 Å². The Morgan fingerprint density at radius 2 is 1.13 bits per heavy atom. The summed E-state index contributed by atoms with van der Waals surface area (Å²) in [7, 11) is 11.1. The summed E-state index contributed by atoms with van der Waals surface area (Å²) in [5.41, 5.74) is 12.6. The minimum atomic E-state index is 0.665. The molecule has 0 saturated heterocycles. The van der Waals surface area contributed by atoms with E-state index in [-0.39, 0.29) is 0 Å². The maximum absolute atomic E-state index is 5.38. The Labute approximate surface area is 225 Å². The molecule has 0 radical (unpaired) electrons. The molecule has 7 aromatic rings. The molecule has 0 N–H and O–H groups in total. The lowest BCUT2D eigenvalue weighted by Crippen LogP contribution is -2.55. The van der Waals surface area contributed by atoms with Gasteiger partial charge in [-0.2, -0.15) is 0 Å². The van der Waals surface area contributed by atoms with E-state index in [9.17, 15) is 0 Å². The van der Waals surface area contributed by atoms with Crippen molar-refractivity contribution in [3.05, 3.63) is 79.0 Å². The number of para-hydroxylation sites is 2. The van der Waals surface area contributed by atoms with Gasteiger partial charge in [0.05, 0.1) is 22.2 Å². The fraction of sp³-hybridized carbons (Fsp3) is 0. The molecule has 4 aromatic carbocycles. The van der Waals surface area contributed by atoms with E-state index in [4.69, 9.17) is 15.0 Å². The zero-order valence-electron chi connectivity index (χ0n) is 22.3. The van der Waals surface area contributed by atoms with Crippen molar-refractivity contribution in [2.24, 2.45) is 0 Å². The summed E-state index contributed by atoms with van der Waals surface area (Å²) in [5.74, 6) is 0.665. The van der Waals surface area contributed by atoms with Crippen LogP contribution in [0.15, 0.2) is 79.0 Å². The van der Waals surface area contributed by atoms with Gasteiger partial charge >= 0.3 is 0 Å². The number of rotatable bonds is 2. The minimum Gasteiger partial charge on any atom is -0.278 e. The lowest BCUT2D eigenvalue weighted by atomic mass is 9.60. The minimum absolute atomic E-state index is 0.665. The van der Waals surface area contributed by atoms with Crippen LogP contribution >= 0.6 is 0 Å². The van der Waals surface area contributed by atoms with Crippen LogP contribution in [0, 0.1) is 0 Å². The van der Waals surface area contributed by atoms with Crippen molar-refractivity contribution in [3.63, 3.8) is 0 Å². The molecule has 0 saturated carbocycles. The normalized spacial score (nSPS) is 11.7. The van der Waals surface area contributed by atoms with Gasteiger partial charge in [0.15, 0.2) is 0 Å². The van der Waals surface area contributed by atoms with Crippen LogP contribution in [0.2, 0.25) is 0 Å². The number of hydrogen-bond donors (Lipinski definition) is 0. The first kappa shape index (κ1) is 22.9. The lowest BCUT2D eigenvalue weighted by Gasteiger charge is -2.21. The quantitative estimate of drug-likeness (QED) is 0.217. The molecule has 38 heavy (non-hydrogen) atoms. The van der Waals surface area contributed by atoms with E-state index < -0.39 is 0 Å². The maximum Gasteiger partial charge on any atom is 0.235 e. The van der Waals surface area contributed by atoms with Crippen molar-refractivity contribution < 1.29 is 0 Å².